The molecular weight excluding hydrogens is 194 g/mol. The molecule has 0 heterocycles. The lowest BCUT2D eigenvalue weighted by Crippen LogP contribution is -2.33. The molecule has 0 saturated carbocycles. The van der Waals surface area contributed by atoms with Crippen LogP contribution in [0.3, 0.4) is 0 Å². The third-order valence-corrected chi connectivity index (χ3v) is 1.86. The number of hydrogen-bond acceptors (Lipinski definition) is 3. The Labute approximate surface area is 89.6 Å². The van der Waals surface area contributed by atoms with Crippen molar-refractivity contribution in [1.82, 2.24) is 4.90 Å². The summed E-state index contributed by atoms with van der Waals surface area (Å²) in [5, 5.41) is 0. The molecule has 0 saturated heterocycles. The molecule has 0 atom stereocenters. The molecule has 0 bridgehead atoms. The highest BCUT2D eigenvalue weighted by molar-refractivity contribution is 6.03. The fourth-order valence-electron chi connectivity index (χ4n) is 0.980. The molecular formula is C11H15NO3. The number of imide groups is 1. The van der Waals surface area contributed by atoms with Crippen LogP contribution in [0.5, 0.6) is 0 Å². The molecule has 2 amide bonds. The van der Waals surface area contributed by atoms with Crippen molar-refractivity contribution in [2.45, 2.75) is 32.6 Å². The fraction of sp³-hybridized carbons (Fsp3) is 0.545. The number of hydrogen-bond donors (Lipinski definition) is 0. The van der Waals surface area contributed by atoms with E-state index in [1.54, 1.807) is 0 Å². The van der Waals surface area contributed by atoms with E-state index in [4.69, 9.17) is 6.42 Å². The van der Waals surface area contributed by atoms with Gasteiger partial charge in [0, 0.05) is 19.9 Å². The molecule has 82 valence electrons. The van der Waals surface area contributed by atoms with Crippen LogP contribution in [-0.2, 0) is 14.4 Å². The van der Waals surface area contributed by atoms with Crippen LogP contribution >= 0.6 is 0 Å². The first-order chi connectivity index (χ1) is 6.99. The zero-order valence-corrected chi connectivity index (χ0v) is 9.08. The van der Waals surface area contributed by atoms with Crippen molar-refractivity contribution >= 4 is 17.6 Å². The van der Waals surface area contributed by atoms with E-state index in [0.29, 0.717) is 12.8 Å². The lowest BCUT2D eigenvalue weighted by Gasteiger charge is -2.13. The van der Waals surface area contributed by atoms with Gasteiger partial charge in [0.1, 0.15) is 5.78 Å². The third-order valence-electron chi connectivity index (χ3n) is 1.86. The lowest BCUT2D eigenvalue weighted by molar-refractivity contribution is -0.144. The largest absolute Gasteiger partial charge is 0.299 e. The second-order valence-electron chi connectivity index (χ2n) is 3.28. The summed E-state index contributed by atoms with van der Waals surface area (Å²) >= 11 is 0. The standard InChI is InChI=1S/C11H15NO3/c1-4-5-6-7-10(14)12(3)11(15)8-9(2)13/h1H,5-8H2,2-3H3. The van der Waals surface area contributed by atoms with Crippen molar-refractivity contribution in [3.8, 4) is 12.3 Å². The summed E-state index contributed by atoms with van der Waals surface area (Å²) in [5.41, 5.74) is 0. The predicted molar refractivity (Wildman–Crippen MR) is 55.8 cm³/mol. The zero-order chi connectivity index (χ0) is 11.8. The molecule has 0 aliphatic heterocycles. The Morgan fingerprint density at radius 3 is 2.33 bits per heavy atom. The summed E-state index contributed by atoms with van der Waals surface area (Å²) in [7, 11) is 1.38. The number of nitrogens with zero attached hydrogens (tertiary/aromatic N) is 1. The Balaban J connectivity index is 4.03. The van der Waals surface area contributed by atoms with E-state index < -0.39 is 5.91 Å². The van der Waals surface area contributed by atoms with Crippen LogP contribution in [0.1, 0.15) is 32.6 Å². The van der Waals surface area contributed by atoms with Crippen LogP contribution in [-0.4, -0.2) is 29.5 Å². The first-order valence-corrected chi connectivity index (χ1v) is 4.71. The quantitative estimate of drug-likeness (QED) is 0.381. The van der Waals surface area contributed by atoms with Gasteiger partial charge >= 0.3 is 0 Å². The summed E-state index contributed by atoms with van der Waals surface area (Å²) in [6.45, 7) is 1.31. The van der Waals surface area contributed by atoms with Crippen molar-refractivity contribution in [2.24, 2.45) is 0 Å². The normalized spacial score (nSPS) is 9.13. The molecule has 0 fully saturated rings. The smallest absolute Gasteiger partial charge is 0.236 e. The highest BCUT2D eigenvalue weighted by Crippen LogP contribution is 2.01. The van der Waals surface area contributed by atoms with Gasteiger partial charge in [-0.3, -0.25) is 19.3 Å². The minimum Gasteiger partial charge on any atom is -0.299 e. The molecule has 0 aliphatic carbocycles. The van der Waals surface area contributed by atoms with Gasteiger partial charge in [0.05, 0.1) is 6.42 Å². The molecule has 0 rings (SSSR count). The topological polar surface area (TPSA) is 54.5 Å². The lowest BCUT2D eigenvalue weighted by atomic mass is 10.2. The fourth-order valence-corrected chi connectivity index (χ4v) is 0.980. The van der Waals surface area contributed by atoms with Crippen LogP contribution in [0.25, 0.3) is 0 Å². The summed E-state index contributed by atoms with van der Waals surface area (Å²) in [4.78, 5) is 34.3. The summed E-state index contributed by atoms with van der Waals surface area (Å²) in [5.74, 6) is 1.41. The highest BCUT2D eigenvalue weighted by atomic mass is 16.2. The van der Waals surface area contributed by atoms with Crippen molar-refractivity contribution in [3.63, 3.8) is 0 Å². The Morgan fingerprint density at radius 2 is 1.87 bits per heavy atom. The molecule has 0 aromatic rings. The van der Waals surface area contributed by atoms with Gasteiger partial charge in [-0.1, -0.05) is 0 Å². The van der Waals surface area contributed by atoms with Gasteiger partial charge in [-0.25, -0.2) is 0 Å². The predicted octanol–water partition coefficient (Wildman–Crippen LogP) is 0.754. The number of ketones is 1. The molecule has 0 spiro atoms. The zero-order valence-electron chi connectivity index (χ0n) is 9.08. The van der Waals surface area contributed by atoms with E-state index in [2.05, 4.69) is 5.92 Å². The van der Waals surface area contributed by atoms with Crippen LogP contribution in [0.2, 0.25) is 0 Å². The van der Waals surface area contributed by atoms with Crippen molar-refractivity contribution in [1.29, 1.82) is 0 Å². The number of amides is 2. The van der Waals surface area contributed by atoms with Crippen LogP contribution < -0.4 is 0 Å². The summed E-state index contributed by atoms with van der Waals surface area (Å²) in [6, 6.07) is 0. The van der Waals surface area contributed by atoms with Gasteiger partial charge in [-0.05, 0) is 13.3 Å². The number of carbonyl (C=O) groups excluding carboxylic acids is 3. The second kappa shape index (κ2) is 6.77. The molecule has 0 radical (unpaired) electrons. The van der Waals surface area contributed by atoms with E-state index in [1.165, 1.54) is 14.0 Å². The minimum absolute atomic E-state index is 0.225. The summed E-state index contributed by atoms with van der Waals surface area (Å²) < 4.78 is 0. The molecule has 0 aliphatic rings. The third kappa shape index (κ3) is 5.63. The molecule has 0 N–H and O–H groups in total. The Bertz CT molecular complexity index is 301. The van der Waals surface area contributed by atoms with Crippen LogP contribution in [0.15, 0.2) is 0 Å². The second-order valence-corrected chi connectivity index (χ2v) is 3.28. The van der Waals surface area contributed by atoms with E-state index in [-0.39, 0.29) is 24.5 Å². The molecule has 4 nitrogen and oxygen atoms in total. The number of Topliss-reactive ketones (excluding diaryl/α,β-unsaturated/α-hetero) is 1. The van der Waals surface area contributed by atoms with Gasteiger partial charge in [0.25, 0.3) is 0 Å². The SMILES string of the molecule is C#CCCCC(=O)N(C)C(=O)CC(C)=O. The Kier molecular flexibility index (Phi) is 6.03. The maximum Gasteiger partial charge on any atom is 0.236 e. The van der Waals surface area contributed by atoms with Crippen molar-refractivity contribution in [3.05, 3.63) is 0 Å². The average Bonchev–Trinajstić information content (AvgIpc) is 2.15. The van der Waals surface area contributed by atoms with Gasteiger partial charge in [0.2, 0.25) is 11.8 Å². The van der Waals surface area contributed by atoms with E-state index in [1.807, 2.05) is 0 Å². The maximum absolute atomic E-state index is 11.4. The number of carbonyl (C=O) groups is 3. The van der Waals surface area contributed by atoms with Gasteiger partial charge in [-0.15, -0.1) is 12.3 Å². The van der Waals surface area contributed by atoms with E-state index in [9.17, 15) is 14.4 Å². The monoisotopic (exact) mass is 209 g/mol. The van der Waals surface area contributed by atoms with Gasteiger partial charge < -0.3 is 0 Å². The van der Waals surface area contributed by atoms with Crippen molar-refractivity contribution < 1.29 is 14.4 Å². The van der Waals surface area contributed by atoms with Gasteiger partial charge in [-0.2, -0.15) is 0 Å². The molecule has 0 unspecified atom stereocenters. The van der Waals surface area contributed by atoms with Crippen LogP contribution in [0.4, 0.5) is 0 Å². The first-order valence-electron chi connectivity index (χ1n) is 4.71. The van der Waals surface area contributed by atoms with E-state index >= 15 is 0 Å². The summed E-state index contributed by atoms with van der Waals surface area (Å²) in [6.07, 6.45) is 6.12. The number of rotatable bonds is 5. The molecule has 15 heavy (non-hydrogen) atoms. The molecule has 4 heteroatoms. The Hall–Kier alpha value is -1.63. The maximum atomic E-state index is 11.4. The van der Waals surface area contributed by atoms with Crippen LogP contribution in [0, 0.1) is 12.3 Å². The minimum atomic E-state index is -0.465. The number of unbranched alkanes of at least 4 members (excludes halogenated alkanes) is 1. The Morgan fingerprint density at radius 1 is 1.27 bits per heavy atom. The molecule has 0 aromatic heterocycles. The first kappa shape index (κ1) is 13.4. The highest BCUT2D eigenvalue weighted by Gasteiger charge is 2.17. The molecule has 0 aromatic carbocycles. The van der Waals surface area contributed by atoms with E-state index in [0.717, 1.165) is 4.90 Å². The van der Waals surface area contributed by atoms with Crippen molar-refractivity contribution in [2.75, 3.05) is 7.05 Å². The number of terminal acetylenes is 1. The van der Waals surface area contributed by atoms with Gasteiger partial charge in [0.15, 0.2) is 0 Å². The average molecular weight is 209 g/mol.